The van der Waals surface area contributed by atoms with Gasteiger partial charge in [0.05, 0.1) is 24.4 Å². The van der Waals surface area contributed by atoms with E-state index in [0.717, 1.165) is 32.1 Å². The van der Waals surface area contributed by atoms with Crippen LogP contribution in [0.2, 0.25) is 0 Å². The first-order chi connectivity index (χ1) is 11.1. The topological polar surface area (TPSA) is 66.8 Å². The Morgan fingerprint density at radius 2 is 1.83 bits per heavy atom. The molecule has 0 aromatic rings. The van der Waals surface area contributed by atoms with Crippen LogP contribution >= 0.6 is 0 Å². The second kappa shape index (κ2) is 4.83. The molecule has 4 fully saturated rings. The van der Waals surface area contributed by atoms with Crippen molar-refractivity contribution in [3.63, 3.8) is 0 Å². The van der Waals surface area contributed by atoms with E-state index in [1.54, 1.807) is 0 Å². The molecule has 7 atom stereocenters. The lowest BCUT2D eigenvalue weighted by atomic mass is 9.42. The van der Waals surface area contributed by atoms with Gasteiger partial charge in [-0.3, -0.25) is 4.79 Å². The molecule has 0 aromatic heterocycles. The van der Waals surface area contributed by atoms with Gasteiger partial charge < -0.3 is 14.9 Å². The summed E-state index contributed by atoms with van der Waals surface area (Å²) in [4.78, 5) is 12.5. The molecule has 4 nitrogen and oxygen atoms in total. The number of rotatable bonds is 1. The van der Waals surface area contributed by atoms with E-state index >= 15 is 0 Å². The number of carbonyl (C=O) groups excluding carboxylic acids is 1. The van der Waals surface area contributed by atoms with E-state index in [1.165, 1.54) is 0 Å². The molecule has 1 spiro atoms. The second-order valence-corrected chi connectivity index (χ2v) is 10.1. The van der Waals surface area contributed by atoms with Gasteiger partial charge in [0.2, 0.25) is 0 Å². The Morgan fingerprint density at radius 3 is 2.50 bits per heavy atom. The third-order valence-corrected chi connectivity index (χ3v) is 8.74. The summed E-state index contributed by atoms with van der Waals surface area (Å²) in [5.41, 5.74) is -0.810. The van der Waals surface area contributed by atoms with Gasteiger partial charge in [0, 0.05) is 17.3 Å². The van der Waals surface area contributed by atoms with Crippen LogP contribution in [-0.4, -0.2) is 40.4 Å². The van der Waals surface area contributed by atoms with Crippen LogP contribution in [0.5, 0.6) is 0 Å². The van der Waals surface area contributed by atoms with Gasteiger partial charge in [-0.05, 0) is 49.4 Å². The van der Waals surface area contributed by atoms with Gasteiger partial charge in [0.1, 0.15) is 5.78 Å². The average Bonchev–Trinajstić information content (AvgIpc) is 2.76. The van der Waals surface area contributed by atoms with Crippen LogP contribution in [0.4, 0.5) is 0 Å². The van der Waals surface area contributed by atoms with Gasteiger partial charge in [-0.2, -0.15) is 0 Å². The van der Waals surface area contributed by atoms with Gasteiger partial charge in [-0.15, -0.1) is 0 Å². The van der Waals surface area contributed by atoms with Crippen molar-refractivity contribution < 1.29 is 19.7 Å². The minimum atomic E-state index is -0.438. The highest BCUT2D eigenvalue weighted by atomic mass is 16.5. The van der Waals surface area contributed by atoms with Gasteiger partial charge in [-0.1, -0.05) is 27.7 Å². The van der Waals surface area contributed by atoms with Gasteiger partial charge >= 0.3 is 0 Å². The molecule has 0 radical (unpaired) electrons. The quantitative estimate of drug-likeness (QED) is 0.773. The normalized spacial score (nSPS) is 55.8. The molecule has 2 N–H and O–H groups in total. The lowest BCUT2D eigenvalue weighted by molar-refractivity contribution is -0.201. The summed E-state index contributed by atoms with van der Waals surface area (Å²) < 4.78 is 6.51. The van der Waals surface area contributed by atoms with E-state index in [1.807, 2.05) is 0 Å². The van der Waals surface area contributed by atoms with Crippen molar-refractivity contribution in [2.24, 2.45) is 28.1 Å². The van der Waals surface area contributed by atoms with Crippen LogP contribution in [-0.2, 0) is 9.53 Å². The van der Waals surface area contributed by atoms with E-state index in [4.69, 9.17) is 4.74 Å². The summed E-state index contributed by atoms with van der Waals surface area (Å²) in [6.45, 7) is 8.62. The highest BCUT2D eigenvalue weighted by Crippen LogP contribution is 2.69. The van der Waals surface area contributed by atoms with Crippen molar-refractivity contribution in [1.82, 2.24) is 0 Å². The zero-order valence-corrected chi connectivity index (χ0v) is 15.5. The summed E-state index contributed by atoms with van der Waals surface area (Å²) in [6, 6.07) is 0. The van der Waals surface area contributed by atoms with E-state index < -0.39 is 6.10 Å². The highest BCUT2D eigenvalue weighted by molar-refractivity contribution is 5.85. The summed E-state index contributed by atoms with van der Waals surface area (Å²) in [7, 11) is 0. The Kier molecular flexibility index (Phi) is 3.42. The van der Waals surface area contributed by atoms with Crippen molar-refractivity contribution in [1.29, 1.82) is 0 Å². The number of ether oxygens (including phenoxy) is 1. The zero-order chi connectivity index (χ0) is 17.5. The average molecular weight is 336 g/mol. The number of ketones is 1. The third kappa shape index (κ3) is 1.83. The smallest absolute Gasteiger partial charge is 0.138 e. The molecule has 3 aliphatic carbocycles. The first-order valence-corrected chi connectivity index (χ1v) is 9.60. The Labute approximate surface area is 145 Å². The Balaban J connectivity index is 1.76. The lowest BCUT2D eigenvalue weighted by Crippen LogP contribution is -2.63. The highest BCUT2D eigenvalue weighted by Gasteiger charge is 2.70. The maximum absolute atomic E-state index is 12.5. The van der Waals surface area contributed by atoms with Crippen molar-refractivity contribution in [2.75, 3.05) is 6.61 Å². The molecule has 1 heterocycles. The van der Waals surface area contributed by atoms with Crippen molar-refractivity contribution in [3.05, 3.63) is 0 Å². The monoisotopic (exact) mass is 336 g/mol. The second-order valence-electron chi connectivity index (χ2n) is 10.1. The third-order valence-electron chi connectivity index (χ3n) is 8.74. The van der Waals surface area contributed by atoms with Crippen LogP contribution < -0.4 is 0 Å². The fourth-order valence-corrected chi connectivity index (χ4v) is 7.29. The molecule has 1 aliphatic heterocycles. The molecule has 3 saturated carbocycles. The zero-order valence-electron chi connectivity index (χ0n) is 15.5. The number of aliphatic hydroxyl groups excluding tert-OH is 2. The fourth-order valence-electron chi connectivity index (χ4n) is 7.29. The van der Waals surface area contributed by atoms with Crippen LogP contribution in [0, 0.1) is 28.1 Å². The van der Waals surface area contributed by atoms with Crippen molar-refractivity contribution in [3.8, 4) is 0 Å². The molecule has 4 rings (SSSR count). The molecule has 2 bridgehead atoms. The van der Waals surface area contributed by atoms with Crippen LogP contribution in [0.1, 0.15) is 66.2 Å². The molecule has 1 saturated heterocycles. The minimum absolute atomic E-state index is 0.0217. The predicted molar refractivity (Wildman–Crippen MR) is 90.4 cm³/mol. The Hall–Kier alpha value is -0.450. The minimum Gasteiger partial charge on any atom is -0.394 e. The largest absolute Gasteiger partial charge is 0.394 e. The SMILES string of the molecule is CC1(C)C(=O)CC[C@]2(C)[C@@H]1CC[C@]13C[C@](C)([C@H](O)C[C@H]12)[C@@H](CO)O3. The van der Waals surface area contributed by atoms with Gasteiger partial charge in [-0.25, -0.2) is 0 Å². The molecule has 24 heavy (non-hydrogen) atoms. The maximum atomic E-state index is 12.5. The number of hydrogen-bond acceptors (Lipinski definition) is 4. The number of aliphatic hydroxyl groups is 2. The van der Waals surface area contributed by atoms with Crippen molar-refractivity contribution in [2.45, 2.75) is 84.0 Å². The predicted octanol–water partition coefficient (Wildman–Crippen LogP) is 2.70. The summed E-state index contributed by atoms with van der Waals surface area (Å²) in [6.07, 6.45) is 4.39. The molecule has 0 amide bonds. The lowest BCUT2D eigenvalue weighted by Gasteiger charge is -2.63. The maximum Gasteiger partial charge on any atom is 0.138 e. The molecule has 0 unspecified atom stereocenters. The number of Topliss-reactive ketones (excluding diaryl/α,β-unsaturated/α-hetero) is 1. The molecule has 0 aromatic carbocycles. The Bertz CT molecular complexity index is 572. The van der Waals surface area contributed by atoms with E-state index in [0.29, 0.717) is 18.1 Å². The molecular weight excluding hydrogens is 304 g/mol. The molecular formula is C20H32O4. The van der Waals surface area contributed by atoms with Crippen LogP contribution in [0.15, 0.2) is 0 Å². The first kappa shape index (κ1) is 17.0. The molecule has 136 valence electrons. The van der Waals surface area contributed by atoms with E-state index in [2.05, 4.69) is 27.7 Å². The molecule has 4 heteroatoms. The van der Waals surface area contributed by atoms with Crippen LogP contribution in [0.25, 0.3) is 0 Å². The fraction of sp³-hybridized carbons (Fsp3) is 0.950. The summed E-state index contributed by atoms with van der Waals surface area (Å²) in [5.74, 6) is 1.02. The van der Waals surface area contributed by atoms with Gasteiger partial charge in [0.15, 0.2) is 0 Å². The summed E-state index contributed by atoms with van der Waals surface area (Å²) in [5, 5.41) is 20.7. The molecule has 4 aliphatic rings. The first-order valence-electron chi connectivity index (χ1n) is 9.60. The number of carbonyl (C=O) groups is 1. The number of fused-ring (bicyclic) bond motifs is 3. The number of hydrogen-bond donors (Lipinski definition) is 2. The van der Waals surface area contributed by atoms with Crippen molar-refractivity contribution >= 4 is 5.78 Å². The Morgan fingerprint density at radius 1 is 1.12 bits per heavy atom. The van der Waals surface area contributed by atoms with Gasteiger partial charge in [0.25, 0.3) is 0 Å². The summed E-state index contributed by atoms with van der Waals surface area (Å²) >= 11 is 0. The van der Waals surface area contributed by atoms with Crippen LogP contribution in [0.3, 0.4) is 0 Å². The van der Waals surface area contributed by atoms with E-state index in [-0.39, 0.29) is 40.5 Å². The standard InChI is InChI=1S/C20H32O4/c1-17(2)12-5-8-20-11-19(4,16(10-21)24-20)15(23)9-13(20)18(12,3)7-6-14(17)22/h12-13,15-16,21,23H,5-11H2,1-4H3/t12-,13+,15-,16-,18-,19-,20+/m1/s1. The van der Waals surface area contributed by atoms with E-state index in [9.17, 15) is 15.0 Å².